The van der Waals surface area contributed by atoms with Crippen molar-refractivity contribution < 1.29 is 22.8 Å². The van der Waals surface area contributed by atoms with E-state index < -0.39 is 17.6 Å². The van der Waals surface area contributed by atoms with Gasteiger partial charge in [0, 0.05) is 6.54 Å². The van der Waals surface area contributed by atoms with Crippen molar-refractivity contribution in [2.45, 2.75) is 26.4 Å². The van der Waals surface area contributed by atoms with Gasteiger partial charge in [0.25, 0.3) is 11.8 Å². The lowest BCUT2D eigenvalue weighted by molar-refractivity contribution is -0.137. The summed E-state index contributed by atoms with van der Waals surface area (Å²) in [7, 11) is 0. The van der Waals surface area contributed by atoms with Gasteiger partial charge < -0.3 is 10.6 Å². The minimum atomic E-state index is -4.49. The quantitative estimate of drug-likeness (QED) is 0.601. The predicted octanol–water partition coefficient (Wildman–Crippen LogP) is 4.59. The molecule has 0 aliphatic carbocycles. The van der Waals surface area contributed by atoms with E-state index in [0.29, 0.717) is 23.5 Å². The molecule has 0 unspecified atom stereocenters. The maximum Gasteiger partial charge on any atom is 0.416 e. The number of carbonyl (C=O) groups excluding carboxylic acids is 2. The summed E-state index contributed by atoms with van der Waals surface area (Å²) in [6.45, 7) is 4.02. The first kappa shape index (κ1) is 22.1. The number of anilines is 1. The Balaban J connectivity index is 1.86. The summed E-state index contributed by atoms with van der Waals surface area (Å²) >= 11 is 0. The molecule has 0 saturated heterocycles. The molecule has 2 amide bonds. The van der Waals surface area contributed by atoms with Crippen molar-refractivity contribution in [2.24, 2.45) is 0 Å². The summed E-state index contributed by atoms with van der Waals surface area (Å²) in [5.41, 5.74) is 0.564. The highest BCUT2D eigenvalue weighted by Gasteiger charge is 2.30. The van der Waals surface area contributed by atoms with Crippen LogP contribution in [0.5, 0.6) is 0 Å². The zero-order valence-corrected chi connectivity index (χ0v) is 17.0. The van der Waals surface area contributed by atoms with Gasteiger partial charge in [-0.25, -0.2) is 4.68 Å². The lowest BCUT2D eigenvalue weighted by Gasteiger charge is -2.12. The largest absolute Gasteiger partial charge is 0.416 e. The minimum absolute atomic E-state index is 0.182. The second-order valence-electron chi connectivity index (χ2n) is 6.86. The molecule has 0 spiro atoms. The van der Waals surface area contributed by atoms with E-state index in [1.54, 1.807) is 31.2 Å². The van der Waals surface area contributed by atoms with E-state index in [4.69, 9.17) is 0 Å². The average Bonchev–Trinajstić information content (AvgIpc) is 3.13. The Morgan fingerprint density at radius 3 is 2.48 bits per heavy atom. The van der Waals surface area contributed by atoms with E-state index in [1.807, 2.05) is 6.92 Å². The molecule has 0 radical (unpaired) electrons. The molecule has 9 heteroatoms. The number of amides is 2. The molecule has 1 heterocycles. The Bertz CT molecular complexity index is 1110. The van der Waals surface area contributed by atoms with Crippen molar-refractivity contribution in [2.75, 3.05) is 11.9 Å². The molecule has 0 atom stereocenters. The van der Waals surface area contributed by atoms with Gasteiger partial charge in [-0.1, -0.05) is 25.1 Å². The predicted molar refractivity (Wildman–Crippen MR) is 110 cm³/mol. The third-order valence-electron chi connectivity index (χ3n) is 4.63. The highest BCUT2D eigenvalue weighted by molar-refractivity contribution is 6.09. The fourth-order valence-corrected chi connectivity index (χ4v) is 3.02. The summed E-state index contributed by atoms with van der Waals surface area (Å²) in [6.07, 6.45) is -2.43. The van der Waals surface area contributed by atoms with Crippen LogP contribution in [0.1, 0.15) is 45.3 Å². The molecule has 0 bridgehead atoms. The molecule has 3 rings (SSSR count). The summed E-state index contributed by atoms with van der Waals surface area (Å²) in [4.78, 5) is 25.2. The van der Waals surface area contributed by atoms with Gasteiger partial charge in [0.15, 0.2) is 0 Å². The Morgan fingerprint density at radius 2 is 1.77 bits per heavy atom. The van der Waals surface area contributed by atoms with Gasteiger partial charge in [-0.15, -0.1) is 0 Å². The molecule has 3 aromatic rings. The first-order chi connectivity index (χ1) is 14.7. The molecule has 0 aliphatic heterocycles. The van der Waals surface area contributed by atoms with Crippen LogP contribution in [0.15, 0.2) is 54.7 Å². The molecule has 2 aromatic carbocycles. The lowest BCUT2D eigenvalue weighted by Crippen LogP contribution is -2.25. The van der Waals surface area contributed by atoms with Crippen molar-refractivity contribution in [1.29, 1.82) is 0 Å². The van der Waals surface area contributed by atoms with Crippen LogP contribution in [0, 0.1) is 6.92 Å². The Morgan fingerprint density at radius 1 is 1.03 bits per heavy atom. The van der Waals surface area contributed by atoms with Crippen LogP contribution in [-0.4, -0.2) is 28.1 Å². The minimum Gasteiger partial charge on any atom is -0.352 e. The number of carbonyl (C=O) groups is 2. The van der Waals surface area contributed by atoms with Crippen molar-refractivity contribution in [1.82, 2.24) is 15.1 Å². The van der Waals surface area contributed by atoms with Crippen LogP contribution >= 0.6 is 0 Å². The maximum atomic E-state index is 13.0. The average molecular weight is 430 g/mol. The second-order valence-corrected chi connectivity index (χ2v) is 6.86. The zero-order valence-electron chi connectivity index (χ0n) is 17.0. The number of alkyl halides is 3. The van der Waals surface area contributed by atoms with E-state index in [0.717, 1.165) is 18.6 Å². The van der Waals surface area contributed by atoms with Crippen LogP contribution in [0.3, 0.4) is 0 Å². The topological polar surface area (TPSA) is 76.0 Å². The summed E-state index contributed by atoms with van der Waals surface area (Å²) < 4.78 is 40.3. The monoisotopic (exact) mass is 430 g/mol. The van der Waals surface area contributed by atoms with Gasteiger partial charge in [-0.05, 0) is 43.7 Å². The van der Waals surface area contributed by atoms with Gasteiger partial charge in [-0.2, -0.15) is 18.3 Å². The molecule has 1 aromatic heterocycles. The van der Waals surface area contributed by atoms with E-state index in [2.05, 4.69) is 15.7 Å². The molecule has 0 aliphatic rings. The summed E-state index contributed by atoms with van der Waals surface area (Å²) in [5.74, 6) is -0.833. The second kappa shape index (κ2) is 9.03. The van der Waals surface area contributed by atoms with E-state index >= 15 is 0 Å². The molecular weight excluding hydrogens is 409 g/mol. The number of para-hydroxylation sites is 1. The van der Waals surface area contributed by atoms with Crippen LogP contribution in [-0.2, 0) is 6.18 Å². The molecule has 0 fully saturated rings. The first-order valence-electron chi connectivity index (χ1n) is 9.63. The van der Waals surface area contributed by atoms with Crippen LogP contribution in [0.2, 0.25) is 0 Å². The van der Waals surface area contributed by atoms with Crippen molar-refractivity contribution in [3.05, 3.63) is 77.1 Å². The SMILES string of the molecule is CCCNC(=O)c1ccccc1NC(=O)c1cnn(-c2cccc(C(F)(F)F)c2)c1C. The van der Waals surface area contributed by atoms with Crippen LogP contribution in [0.25, 0.3) is 5.69 Å². The van der Waals surface area contributed by atoms with E-state index in [1.165, 1.54) is 23.0 Å². The van der Waals surface area contributed by atoms with E-state index in [9.17, 15) is 22.8 Å². The number of rotatable bonds is 6. The molecule has 6 nitrogen and oxygen atoms in total. The smallest absolute Gasteiger partial charge is 0.352 e. The number of aromatic nitrogens is 2. The fraction of sp³-hybridized carbons (Fsp3) is 0.227. The first-order valence-corrected chi connectivity index (χ1v) is 9.63. The highest BCUT2D eigenvalue weighted by Crippen LogP contribution is 2.30. The lowest BCUT2D eigenvalue weighted by atomic mass is 10.1. The van der Waals surface area contributed by atoms with E-state index in [-0.39, 0.29) is 17.2 Å². The Kier molecular flexibility index (Phi) is 6.43. The van der Waals surface area contributed by atoms with Crippen LogP contribution < -0.4 is 10.6 Å². The van der Waals surface area contributed by atoms with Crippen molar-refractivity contribution in [3.8, 4) is 5.69 Å². The van der Waals surface area contributed by atoms with Gasteiger partial charge in [0.1, 0.15) is 0 Å². The fourth-order valence-electron chi connectivity index (χ4n) is 3.02. The van der Waals surface area contributed by atoms with Gasteiger partial charge in [-0.3, -0.25) is 9.59 Å². The number of halogens is 3. The number of nitrogens with one attached hydrogen (secondary N) is 2. The molecule has 2 N–H and O–H groups in total. The molecule has 0 saturated carbocycles. The molecule has 31 heavy (non-hydrogen) atoms. The third kappa shape index (κ3) is 4.93. The van der Waals surface area contributed by atoms with Gasteiger partial charge >= 0.3 is 6.18 Å². The Hall–Kier alpha value is -3.62. The van der Waals surface area contributed by atoms with Crippen molar-refractivity contribution in [3.63, 3.8) is 0 Å². The third-order valence-corrected chi connectivity index (χ3v) is 4.63. The molecular formula is C22H21F3N4O2. The van der Waals surface area contributed by atoms with Crippen molar-refractivity contribution >= 4 is 17.5 Å². The standard InChI is InChI=1S/C22H21F3N4O2/c1-3-11-26-20(30)17-9-4-5-10-19(17)28-21(31)18-13-27-29(14(18)2)16-8-6-7-15(12-16)22(23,24)25/h4-10,12-13H,3,11H2,1-2H3,(H,26,30)(H,28,31). The Labute approximate surface area is 177 Å². The number of hydrogen-bond acceptors (Lipinski definition) is 3. The summed E-state index contributed by atoms with van der Waals surface area (Å²) in [5, 5.41) is 9.53. The number of benzene rings is 2. The normalized spacial score (nSPS) is 11.3. The number of nitrogens with zero attached hydrogens (tertiary/aromatic N) is 2. The highest BCUT2D eigenvalue weighted by atomic mass is 19.4. The molecule has 162 valence electrons. The maximum absolute atomic E-state index is 13.0. The summed E-state index contributed by atoms with van der Waals surface area (Å²) in [6, 6.07) is 11.3. The van der Waals surface area contributed by atoms with Gasteiger partial charge in [0.2, 0.25) is 0 Å². The zero-order chi connectivity index (χ0) is 22.6. The van der Waals surface area contributed by atoms with Gasteiger partial charge in [0.05, 0.1) is 40.0 Å². The number of hydrogen-bond donors (Lipinski definition) is 2. The van der Waals surface area contributed by atoms with Crippen LogP contribution in [0.4, 0.5) is 18.9 Å².